The van der Waals surface area contributed by atoms with Crippen LogP contribution in [0.4, 0.5) is 18.9 Å². The zero-order chi connectivity index (χ0) is 27.4. The van der Waals surface area contributed by atoms with E-state index in [2.05, 4.69) is 20.9 Å². The van der Waals surface area contributed by atoms with Gasteiger partial charge in [0.1, 0.15) is 0 Å². The SMILES string of the molecule is O=C(O)C(F)(F)F.O=C(O)c1ccc2c(c1)CC[C@H]1CN(Cc3cccnc3-c3ccc(Cl)cc3)CCN21. The number of aromatic carboxylic acids is 1. The maximum atomic E-state index is 11.3. The molecule has 200 valence electrons. The molecule has 0 bridgehead atoms. The highest BCUT2D eigenvalue weighted by Crippen LogP contribution is 2.34. The van der Waals surface area contributed by atoms with Gasteiger partial charge in [-0.05, 0) is 60.4 Å². The Morgan fingerprint density at radius 2 is 1.76 bits per heavy atom. The van der Waals surface area contributed by atoms with E-state index in [1.807, 2.05) is 48.7 Å². The summed E-state index contributed by atoms with van der Waals surface area (Å²) in [7, 11) is 0. The molecule has 0 unspecified atom stereocenters. The van der Waals surface area contributed by atoms with Crippen molar-refractivity contribution >= 4 is 29.2 Å². The van der Waals surface area contributed by atoms with Crippen molar-refractivity contribution in [2.24, 2.45) is 0 Å². The van der Waals surface area contributed by atoms with E-state index in [1.54, 1.807) is 6.07 Å². The Morgan fingerprint density at radius 3 is 2.42 bits per heavy atom. The van der Waals surface area contributed by atoms with Crippen molar-refractivity contribution in [3.05, 3.63) is 82.5 Å². The molecule has 11 heteroatoms. The minimum Gasteiger partial charge on any atom is -0.478 e. The molecule has 0 saturated carbocycles. The number of aryl methyl sites for hydroxylation is 1. The third kappa shape index (κ3) is 6.43. The monoisotopic (exact) mass is 547 g/mol. The van der Waals surface area contributed by atoms with Gasteiger partial charge in [0, 0.05) is 54.7 Å². The molecule has 0 aliphatic carbocycles. The first-order chi connectivity index (χ1) is 18.0. The Labute approximate surface area is 222 Å². The second kappa shape index (κ2) is 11.4. The van der Waals surface area contributed by atoms with E-state index < -0.39 is 18.1 Å². The van der Waals surface area contributed by atoms with E-state index >= 15 is 0 Å². The average molecular weight is 548 g/mol. The summed E-state index contributed by atoms with van der Waals surface area (Å²) in [6.07, 6.45) is -1.27. The number of benzene rings is 2. The van der Waals surface area contributed by atoms with Gasteiger partial charge in [-0.15, -0.1) is 0 Å². The number of rotatable bonds is 4. The van der Waals surface area contributed by atoms with Crippen LogP contribution in [0.5, 0.6) is 0 Å². The molecule has 2 N–H and O–H groups in total. The third-order valence-corrected chi connectivity index (χ3v) is 6.85. The Balaban J connectivity index is 0.000000426. The lowest BCUT2D eigenvalue weighted by Crippen LogP contribution is -2.54. The van der Waals surface area contributed by atoms with Crippen molar-refractivity contribution in [2.45, 2.75) is 31.6 Å². The molecule has 5 rings (SSSR count). The standard InChI is InChI=1S/C25H24ClN3O2.C2HF3O2/c26-21-7-3-17(4-8-21)24-20(2-1-11-27-24)15-28-12-13-29-22(16-28)9-5-18-14-19(25(30)31)6-10-23(18)29;3-2(4,5)1(6)7/h1-4,6-8,10-11,14,22H,5,9,12-13,15-16H2,(H,30,31);(H,6,7)/t22-;/m0./s1. The molecule has 0 amide bonds. The number of nitrogens with zero attached hydrogens (tertiary/aromatic N) is 3. The molecule has 3 aromatic rings. The molecule has 2 aliphatic rings. The number of carboxylic acid groups (broad SMARTS) is 2. The molecule has 38 heavy (non-hydrogen) atoms. The van der Waals surface area contributed by atoms with Crippen molar-refractivity contribution in [1.82, 2.24) is 9.88 Å². The molecule has 0 radical (unpaired) electrons. The number of alkyl halides is 3. The summed E-state index contributed by atoms with van der Waals surface area (Å²) in [5, 5.41) is 17.1. The van der Waals surface area contributed by atoms with E-state index in [0.29, 0.717) is 11.6 Å². The minimum absolute atomic E-state index is 0.377. The summed E-state index contributed by atoms with van der Waals surface area (Å²) in [6.45, 7) is 3.77. The second-order valence-electron chi connectivity index (χ2n) is 9.09. The summed E-state index contributed by atoms with van der Waals surface area (Å²) < 4.78 is 31.7. The lowest BCUT2D eigenvalue weighted by atomic mass is 9.92. The summed E-state index contributed by atoms with van der Waals surface area (Å²) >= 11 is 6.06. The Hall–Kier alpha value is -3.63. The largest absolute Gasteiger partial charge is 0.490 e. The number of hydrogen-bond donors (Lipinski definition) is 2. The third-order valence-electron chi connectivity index (χ3n) is 6.60. The van der Waals surface area contributed by atoms with Gasteiger partial charge in [-0.3, -0.25) is 9.88 Å². The number of pyridine rings is 1. The Kier molecular flexibility index (Phi) is 8.23. The molecule has 1 saturated heterocycles. The number of carboxylic acids is 2. The van der Waals surface area contributed by atoms with Crippen molar-refractivity contribution in [3.63, 3.8) is 0 Å². The van der Waals surface area contributed by atoms with Gasteiger partial charge in [0.05, 0.1) is 11.3 Å². The molecule has 2 aromatic carbocycles. The first-order valence-electron chi connectivity index (χ1n) is 11.9. The fourth-order valence-corrected chi connectivity index (χ4v) is 4.95. The van der Waals surface area contributed by atoms with Gasteiger partial charge in [-0.2, -0.15) is 13.2 Å². The molecule has 0 spiro atoms. The maximum Gasteiger partial charge on any atom is 0.490 e. The highest BCUT2D eigenvalue weighted by atomic mass is 35.5. The molecule has 1 atom stereocenters. The predicted octanol–water partition coefficient (Wildman–Crippen LogP) is 5.37. The van der Waals surface area contributed by atoms with Gasteiger partial charge in [-0.25, -0.2) is 9.59 Å². The van der Waals surface area contributed by atoms with E-state index in [0.717, 1.165) is 60.9 Å². The molecular formula is C27H25ClF3N3O4. The van der Waals surface area contributed by atoms with Crippen LogP contribution in [0.1, 0.15) is 27.9 Å². The number of piperazine rings is 1. The van der Waals surface area contributed by atoms with Crippen LogP contribution in [0, 0.1) is 0 Å². The van der Waals surface area contributed by atoms with E-state index in [1.165, 1.54) is 11.3 Å². The molecular weight excluding hydrogens is 523 g/mol. The maximum absolute atomic E-state index is 11.3. The van der Waals surface area contributed by atoms with Crippen LogP contribution < -0.4 is 4.90 Å². The number of carbonyl (C=O) groups is 2. The number of aromatic nitrogens is 1. The van der Waals surface area contributed by atoms with E-state index in [9.17, 15) is 23.1 Å². The first kappa shape index (κ1) is 27.4. The van der Waals surface area contributed by atoms with Gasteiger partial charge in [0.15, 0.2) is 0 Å². The van der Waals surface area contributed by atoms with E-state index in [-0.39, 0.29) is 0 Å². The topological polar surface area (TPSA) is 94.0 Å². The fraction of sp³-hybridized carbons (Fsp3) is 0.296. The zero-order valence-corrected chi connectivity index (χ0v) is 20.9. The second-order valence-corrected chi connectivity index (χ2v) is 9.53. The zero-order valence-electron chi connectivity index (χ0n) is 20.2. The van der Waals surface area contributed by atoms with Crippen LogP contribution in [-0.2, 0) is 17.8 Å². The number of hydrogen-bond acceptors (Lipinski definition) is 5. The predicted molar refractivity (Wildman–Crippen MR) is 137 cm³/mol. The van der Waals surface area contributed by atoms with Gasteiger partial charge in [0.25, 0.3) is 0 Å². The lowest BCUT2D eigenvalue weighted by Gasteiger charge is -2.46. The quantitative estimate of drug-likeness (QED) is 0.453. The highest BCUT2D eigenvalue weighted by molar-refractivity contribution is 6.30. The lowest BCUT2D eigenvalue weighted by molar-refractivity contribution is -0.192. The molecule has 2 aliphatic heterocycles. The van der Waals surface area contributed by atoms with Crippen molar-refractivity contribution in [1.29, 1.82) is 0 Å². The molecule has 1 fully saturated rings. The van der Waals surface area contributed by atoms with Gasteiger partial charge < -0.3 is 15.1 Å². The van der Waals surface area contributed by atoms with Crippen LogP contribution in [0.15, 0.2) is 60.8 Å². The van der Waals surface area contributed by atoms with Gasteiger partial charge >= 0.3 is 18.1 Å². The Bertz CT molecular complexity index is 1320. The summed E-state index contributed by atoms with van der Waals surface area (Å²) in [5.41, 5.74) is 6.05. The van der Waals surface area contributed by atoms with Crippen LogP contribution in [-0.4, -0.2) is 63.9 Å². The van der Waals surface area contributed by atoms with Gasteiger partial charge in [0.2, 0.25) is 0 Å². The number of aliphatic carboxylic acids is 1. The Morgan fingerprint density at radius 1 is 1.05 bits per heavy atom. The summed E-state index contributed by atoms with van der Waals surface area (Å²) in [4.78, 5) is 29.8. The van der Waals surface area contributed by atoms with E-state index in [4.69, 9.17) is 21.5 Å². The summed E-state index contributed by atoms with van der Waals surface area (Å²) in [5.74, 6) is -3.62. The number of anilines is 1. The molecule has 3 heterocycles. The van der Waals surface area contributed by atoms with Crippen LogP contribution in [0.2, 0.25) is 5.02 Å². The van der Waals surface area contributed by atoms with Crippen molar-refractivity contribution in [2.75, 3.05) is 24.5 Å². The van der Waals surface area contributed by atoms with Crippen LogP contribution in [0.25, 0.3) is 11.3 Å². The molecule has 1 aromatic heterocycles. The average Bonchev–Trinajstić information content (AvgIpc) is 2.89. The normalized spacial score (nSPS) is 17.1. The summed E-state index contributed by atoms with van der Waals surface area (Å²) in [6, 6.07) is 18.0. The number of fused-ring (bicyclic) bond motifs is 3. The van der Waals surface area contributed by atoms with Crippen molar-refractivity contribution in [3.8, 4) is 11.3 Å². The highest BCUT2D eigenvalue weighted by Gasteiger charge is 2.38. The number of halogens is 4. The smallest absolute Gasteiger partial charge is 0.478 e. The fourth-order valence-electron chi connectivity index (χ4n) is 4.82. The van der Waals surface area contributed by atoms with Crippen LogP contribution in [0.3, 0.4) is 0 Å². The minimum atomic E-state index is -5.08. The first-order valence-corrected chi connectivity index (χ1v) is 12.3. The van der Waals surface area contributed by atoms with Crippen molar-refractivity contribution < 1.29 is 33.0 Å². The molecule has 7 nitrogen and oxygen atoms in total. The van der Waals surface area contributed by atoms with Gasteiger partial charge in [-0.1, -0.05) is 29.8 Å². The van der Waals surface area contributed by atoms with Crippen LogP contribution >= 0.6 is 11.6 Å².